The molecule has 0 saturated heterocycles. The van der Waals surface area contributed by atoms with Gasteiger partial charge in [-0.25, -0.2) is 9.59 Å². The first-order valence-electron chi connectivity index (χ1n) is 13.7. The van der Waals surface area contributed by atoms with E-state index in [0.29, 0.717) is 5.75 Å². The largest absolute Gasteiger partial charge is 0.480 e. The van der Waals surface area contributed by atoms with Gasteiger partial charge in [-0.1, -0.05) is 70.8 Å². The molecule has 0 heterocycles. The molecule has 0 aliphatic carbocycles. The number of carbonyl (C=O) groups excluding carboxylic acids is 2. The summed E-state index contributed by atoms with van der Waals surface area (Å²) in [6.07, 6.45) is 10.0. The highest BCUT2D eigenvalue weighted by Gasteiger charge is 2.21. The summed E-state index contributed by atoms with van der Waals surface area (Å²) in [7, 11) is 0. The van der Waals surface area contributed by atoms with Crippen LogP contribution in [-0.2, 0) is 14.3 Å². The normalized spacial score (nSPS) is 12.4. The number of hydrogen-bond acceptors (Lipinski definition) is 5. The van der Waals surface area contributed by atoms with E-state index in [2.05, 4.69) is 75.6 Å². The molecule has 7 nitrogen and oxygen atoms in total. The first-order valence-corrected chi connectivity index (χ1v) is 14.9. The maximum atomic E-state index is 12.0. The Kier molecular flexibility index (Phi) is 19.3. The molecular formula is C32H50N2O5S. The van der Waals surface area contributed by atoms with Crippen molar-refractivity contribution < 1.29 is 24.2 Å². The Morgan fingerprint density at radius 1 is 0.950 bits per heavy atom. The number of ether oxygens (including phenoxy) is 1. The SMILES string of the molecule is CC(C)=CCC/C(C)=C/CC/C(C)=C/CSCC(NC(=O)CNC(=O)OC(C)(C)C)C(=O)O.Cc1ccccc1. The van der Waals surface area contributed by atoms with Crippen LogP contribution in [-0.4, -0.2) is 52.8 Å². The molecule has 1 aromatic carbocycles. The zero-order valence-electron chi connectivity index (χ0n) is 25.6. The summed E-state index contributed by atoms with van der Waals surface area (Å²) in [5, 5.41) is 14.1. The van der Waals surface area contributed by atoms with Crippen LogP contribution in [0.5, 0.6) is 0 Å². The maximum Gasteiger partial charge on any atom is 0.408 e. The number of alkyl carbamates (subject to hydrolysis) is 1. The van der Waals surface area contributed by atoms with Gasteiger partial charge in [0.2, 0.25) is 5.91 Å². The van der Waals surface area contributed by atoms with Crippen LogP contribution >= 0.6 is 11.8 Å². The summed E-state index contributed by atoms with van der Waals surface area (Å²) >= 11 is 1.44. The van der Waals surface area contributed by atoms with Crippen LogP contribution in [0.25, 0.3) is 0 Å². The molecule has 2 amide bonds. The lowest BCUT2D eigenvalue weighted by atomic mass is 10.1. The summed E-state index contributed by atoms with van der Waals surface area (Å²) in [5.74, 6) is -0.777. The zero-order valence-corrected chi connectivity index (χ0v) is 26.5. The molecule has 224 valence electrons. The molecule has 40 heavy (non-hydrogen) atoms. The van der Waals surface area contributed by atoms with E-state index in [1.54, 1.807) is 20.8 Å². The zero-order chi connectivity index (χ0) is 30.6. The van der Waals surface area contributed by atoms with Crippen LogP contribution in [0.4, 0.5) is 4.79 Å². The fourth-order valence-electron chi connectivity index (χ4n) is 3.15. The van der Waals surface area contributed by atoms with E-state index in [1.807, 2.05) is 18.2 Å². The standard InChI is InChI=1S/C25H42N2O5S.C7H8/c1-18(2)10-8-11-19(3)12-9-13-20(4)14-15-33-17-21(23(29)30)27-22(28)16-26-24(31)32-25(5,6)7;1-7-5-3-2-4-6-7/h10,12,14,21H,8-9,11,13,15-17H2,1-7H3,(H,26,31)(H,27,28)(H,29,30);2-6H,1H3/b19-12+,20-14+;. The van der Waals surface area contributed by atoms with E-state index in [1.165, 1.54) is 34.0 Å². The topological polar surface area (TPSA) is 105 Å². The molecule has 1 unspecified atom stereocenters. The number of nitrogens with one attached hydrogen (secondary N) is 2. The first kappa shape index (κ1) is 37.0. The van der Waals surface area contributed by atoms with E-state index in [0.717, 1.165) is 25.7 Å². The molecule has 0 spiro atoms. The lowest BCUT2D eigenvalue weighted by Crippen LogP contribution is -2.47. The van der Waals surface area contributed by atoms with Gasteiger partial charge in [-0.3, -0.25) is 4.79 Å². The van der Waals surface area contributed by atoms with Gasteiger partial charge in [-0.2, -0.15) is 11.8 Å². The van der Waals surface area contributed by atoms with Crippen molar-refractivity contribution in [1.82, 2.24) is 10.6 Å². The number of carbonyl (C=O) groups is 3. The highest BCUT2D eigenvalue weighted by Crippen LogP contribution is 2.13. The van der Waals surface area contributed by atoms with Crippen molar-refractivity contribution in [3.63, 3.8) is 0 Å². The van der Waals surface area contributed by atoms with E-state index < -0.39 is 29.6 Å². The van der Waals surface area contributed by atoms with Gasteiger partial charge in [0.15, 0.2) is 0 Å². The molecule has 1 aromatic rings. The lowest BCUT2D eigenvalue weighted by molar-refractivity contribution is -0.140. The number of aliphatic carboxylic acids is 1. The monoisotopic (exact) mass is 574 g/mol. The molecule has 0 saturated carbocycles. The van der Waals surface area contributed by atoms with Gasteiger partial charge in [-0.15, -0.1) is 0 Å². The fourth-order valence-corrected chi connectivity index (χ4v) is 4.15. The van der Waals surface area contributed by atoms with Crippen LogP contribution in [0, 0.1) is 6.92 Å². The second-order valence-electron chi connectivity index (χ2n) is 11.0. The molecule has 0 aliphatic rings. The molecule has 0 radical (unpaired) electrons. The van der Waals surface area contributed by atoms with E-state index in [-0.39, 0.29) is 12.3 Å². The van der Waals surface area contributed by atoms with Gasteiger partial charge in [0.25, 0.3) is 0 Å². The van der Waals surface area contributed by atoms with Crippen LogP contribution in [0.1, 0.15) is 79.7 Å². The molecule has 8 heteroatoms. The third-order valence-corrected chi connectivity index (χ3v) is 6.29. The summed E-state index contributed by atoms with van der Waals surface area (Å²) in [6.45, 7) is 15.3. The Morgan fingerprint density at radius 3 is 2.02 bits per heavy atom. The molecule has 0 bridgehead atoms. The quantitative estimate of drug-likeness (QED) is 0.160. The van der Waals surface area contributed by atoms with Crippen molar-refractivity contribution in [2.75, 3.05) is 18.1 Å². The number of allylic oxidation sites excluding steroid dienone is 5. The predicted octanol–water partition coefficient (Wildman–Crippen LogP) is 7.23. The molecule has 3 N–H and O–H groups in total. The van der Waals surface area contributed by atoms with Crippen LogP contribution in [0.2, 0.25) is 0 Å². The van der Waals surface area contributed by atoms with Gasteiger partial charge in [0.1, 0.15) is 18.2 Å². The minimum Gasteiger partial charge on any atom is -0.480 e. The number of hydrogen-bond donors (Lipinski definition) is 3. The maximum absolute atomic E-state index is 12.0. The van der Waals surface area contributed by atoms with Crippen molar-refractivity contribution in [3.8, 4) is 0 Å². The average Bonchev–Trinajstić information content (AvgIpc) is 2.84. The highest BCUT2D eigenvalue weighted by atomic mass is 32.2. The summed E-state index contributed by atoms with van der Waals surface area (Å²) in [6, 6.07) is 9.24. The predicted molar refractivity (Wildman–Crippen MR) is 168 cm³/mol. The van der Waals surface area contributed by atoms with Gasteiger partial charge >= 0.3 is 12.1 Å². The van der Waals surface area contributed by atoms with Gasteiger partial charge in [-0.05, 0) is 81.1 Å². The Balaban J connectivity index is 0.00000187. The number of aryl methyl sites for hydroxylation is 1. The third-order valence-electron chi connectivity index (χ3n) is 5.32. The highest BCUT2D eigenvalue weighted by molar-refractivity contribution is 7.99. The Bertz CT molecular complexity index is 990. The summed E-state index contributed by atoms with van der Waals surface area (Å²) in [4.78, 5) is 35.0. The molecule has 1 atom stereocenters. The molecular weight excluding hydrogens is 524 g/mol. The fraction of sp³-hybridized carbons (Fsp3) is 0.531. The lowest BCUT2D eigenvalue weighted by Gasteiger charge is -2.20. The van der Waals surface area contributed by atoms with Crippen molar-refractivity contribution >= 4 is 29.7 Å². The van der Waals surface area contributed by atoms with Crippen LogP contribution in [0.15, 0.2) is 65.3 Å². The smallest absolute Gasteiger partial charge is 0.408 e. The third kappa shape index (κ3) is 22.9. The van der Waals surface area contributed by atoms with Crippen LogP contribution < -0.4 is 10.6 Å². The Morgan fingerprint density at radius 2 is 1.52 bits per heavy atom. The average molecular weight is 575 g/mol. The minimum atomic E-state index is -1.11. The number of carboxylic acids is 1. The number of rotatable bonds is 14. The van der Waals surface area contributed by atoms with Gasteiger partial charge in [0.05, 0.1) is 0 Å². The molecule has 0 fully saturated rings. The Hall–Kier alpha value is -3.00. The second-order valence-corrected chi connectivity index (χ2v) is 12.0. The number of amides is 2. The summed E-state index contributed by atoms with van der Waals surface area (Å²) in [5.41, 5.74) is 4.65. The molecule has 0 aliphatic heterocycles. The molecule has 1 rings (SSSR count). The van der Waals surface area contributed by atoms with Crippen molar-refractivity contribution in [2.45, 2.75) is 92.7 Å². The summed E-state index contributed by atoms with van der Waals surface area (Å²) < 4.78 is 5.05. The minimum absolute atomic E-state index is 0.237. The first-order chi connectivity index (χ1) is 18.7. The van der Waals surface area contributed by atoms with E-state index in [9.17, 15) is 19.5 Å². The number of carboxylic acid groups (broad SMARTS) is 1. The van der Waals surface area contributed by atoms with Gasteiger partial charge < -0.3 is 20.5 Å². The van der Waals surface area contributed by atoms with Crippen LogP contribution in [0.3, 0.4) is 0 Å². The Labute approximate surface area is 245 Å². The van der Waals surface area contributed by atoms with Crippen molar-refractivity contribution in [1.29, 1.82) is 0 Å². The van der Waals surface area contributed by atoms with Crippen molar-refractivity contribution in [2.24, 2.45) is 0 Å². The van der Waals surface area contributed by atoms with Crippen molar-refractivity contribution in [3.05, 3.63) is 70.8 Å². The van der Waals surface area contributed by atoms with Gasteiger partial charge in [0, 0.05) is 11.5 Å². The van der Waals surface area contributed by atoms with E-state index in [4.69, 9.17) is 4.74 Å². The number of benzene rings is 1. The number of thioether (sulfide) groups is 1. The van der Waals surface area contributed by atoms with E-state index >= 15 is 0 Å². The molecule has 0 aromatic heterocycles. The second kappa shape index (κ2) is 20.8.